The first-order chi connectivity index (χ1) is 14.7. The average Bonchev–Trinajstić information content (AvgIpc) is 2.80. The molecular weight excluding hydrogens is 384 g/mol. The van der Waals surface area contributed by atoms with Crippen LogP contribution in [-0.2, 0) is 19.2 Å². The highest BCUT2D eigenvalue weighted by Gasteiger charge is 2.31. The maximum atomic E-state index is 10.2. The number of rotatable bonds is 10. The van der Waals surface area contributed by atoms with Crippen LogP contribution in [0, 0.1) is 17.3 Å². The van der Waals surface area contributed by atoms with Crippen molar-refractivity contribution in [3.8, 4) is 0 Å². The van der Waals surface area contributed by atoms with Gasteiger partial charge in [0.1, 0.15) is 0 Å². The first-order valence-electron chi connectivity index (χ1n) is 10.8. The van der Waals surface area contributed by atoms with Crippen LogP contribution < -0.4 is 0 Å². The van der Waals surface area contributed by atoms with E-state index in [-0.39, 0.29) is 5.41 Å². The summed E-state index contributed by atoms with van der Waals surface area (Å²) in [5.74, 6) is 1.04. The van der Waals surface area contributed by atoms with Crippen LogP contribution in [0.25, 0.3) is 0 Å². The Hall–Kier alpha value is -2.48. The summed E-state index contributed by atoms with van der Waals surface area (Å²) in [4.78, 5) is 54.4. The summed E-state index contributed by atoms with van der Waals surface area (Å²) >= 11 is 0. The van der Waals surface area contributed by atoms with Crippen LogP contribution in [0.15, 0.2) is 20.0 Å². The van der Waals surface area contributed by atoms with Gasteiger partial charge in [0.15, 0.2) is 0 Å². The van der Waals surface area contributed by atoms with Crippen molar-refractivity contribution in [1.82, 2.24) is 0 Å². The van der Waals surface area contributed by atoms with Gasteiger partial charge in [-0.3, -0.25) is 0 Å². The maximum absolute atomic E-state index is 10.2. The molecule has 0 atom stereocenters. The van der Waals surface area contributed by atoms with Crippen molar-refractivity contribution in [2.75, 3.05) is 26.2 Å². The Morgan fingerprint density at radius 3 is 1.63 bits per heavy atom. The van der Waals surface area contributed by atoms with Crippen LogP contribution in [0.2, 0.25) is 0 Å². The van der Waals surface area contributed by atoms with E-state index >= 15 is 0 Å². The van der Waals surface area contributed by atoms with Crippen LogP contribution >= 0.6 is 0 Å². The Balaban J connectivity index is 0.000000303. The lowest BCUT2D eigenvalue weighted by Gasteiger charge is -2.35. The second kappa shape index (κ2) is 16.3. The van der Waals surface area contributed by atoms with Crippen molar-refractivity contribution in [1.29, 1.82) is 0 Å². The highest BCUT2D eigenvalue weighted by Crippen LogP contribution is 2.40. The van der Waals surface area contributed by atoms with Gasteiger partial charge >= 0.3 is 0 Å². The molecule has 2 fully saturated rings. The zero-order valence-electron chi connectivity index (χ0n) is 17.7. The van der Waals surface area contributed by atoms with Crippen molar-refractivity contribution < 1.29 is 19.2 Å². The molecule has 0 aromatic rings. The number of hydrogen-bond donors (Lipinski definition) is 0. The Morgan fingerprint density at radius 2 is 1.17 bits per heavy atom. The van der Waals surface area contributed by atoms with Crippen LogP contribution in [-0.4, -0.2) is 50.5 Å². The average molecular weight is 417 g/mol. The van der Waals surface area contributed by atoms with Gasteiger partial charge in [0, 0.05) is 0 Å². The van der Waals surface area contributed by atoms with E-state index in [1.165, 1.54) is 19.3 Å². The van der Waals surface area contributed by atoms with E-state index in [1.54, 1.807) is 24.3 Å². The summed E-state index contributed by atoms with van der Waals surface area (Å²) in [6.45, 7) is 2.33. The molecule has 0 amide bonds. The molecule has 0 bridgehead atoms. The third-order valence-corrected chi connectivity index (χ3v) is 6.23. The smallest absolute Gasteiger partial charge is 0.211 e. The molecule has 0 radical (unpaired) electrons. The number of nitrogens with zero attached hydrogens (tertiary/aromatic N) is 4. The first-order valence-corrected chi connectivity index (χ1v) is 10.8. The second-order valence-corrected chi connectivity index (χ2v) is 8.30. The minimum Gasteiger partial charge on any atom is -0.211 e. The number of isocyanates is 4. The van der Waals surface area contributed by atoms with Crippen LogP contribution in [0.5, 0.6) is 0 Å². The van der Waals surface area contributed by atoms with Crippen LogP contribution in [0.4, 0.5) is 0 Å². The highest BCUT2D eigenvalue weighted by molar-refractivity contribution is 5.33. The Labute approximate surface area is 178 Å². The third-order valence-electron chi connectivity index (χ3n) is 6.23. The molecule has 0 heterocycles. The molecule has 0 spiro atoms. The Morgan fingerprint density at radius 1 is 0.667 bits per heavy atom. The normalized spacial score (nSPS) is 21.9. The summed E-state index contributed by atoms with van der Waals surface area (Å²) in [7, 11) is 0. The van der Waals surface area contributed by atoms with E-state index < -0.39 is 0 Å². The van der Waals surface area contributed by atoms with Crippen LogP contribution in [0.1, 0.15) is 70.6 Å². The largest absolute Gasteiger partial charge is 0.234 e. The molecule has 2 saturated carbocycles. The molecule has 8 heteroatoms. The molecule has 2 aliphatic carbocycles. The number of aliphatic imine (C=N–C) groups is 4. The van der Waals surface area contributed by atoms with Gasteiger partial charge in [0.05, 0.1) is 26.2 Å². The summed E-state index contributed by atoms with van der Waals surface area (Å²) in [6.07, 6.45) is 18.4. The standard InChI is InChI=1S/C12H18N2O2.C10H14N2O2/c15-10-13-8-4-7-12(9-14-11-16)5-2-1-3-6-12;13-7-11-5-9-1-2-10(4-3-9)6-12-8-14/h1-9H2;9-10H,1-6H2. The monoisotopic (exact) mass is 416 g/mol. The highest BCUT2D eigenvalue weighted by atomic mass is 16.1. The molecule has 2 rings (SSSR count). The van der Waals surface area contributed by atoms with E-state index in [0.717, 1.165) is 51.4 Å². The minimum atomic E-state index is 0.161. The summed E-state index contributed by atoms with van der Waals surface area (Å²) < 4.78 is 0. The molecule has 0 saturated heterocycles. The molecule has 0 aliphatic heterocycles. The van der Waals surface area contributed by atoms with Gasteiger partial charge in [0.2, 0.25) is 24.3 Å². The fourth-order valence-electron chi connectivity index (χ4n) is 4.50. The van der Waals surface area contributed by atoms with Crippen molar-refractivity contribution in [2.45, 2.75) is 70.6 Å². The quantitative estimate of drug-likeness (QED) is 0.305. The summed E-state index contributed by atoms with van der Waals surface area (Å²) in [5.41, 5.74) is 0.161. The van der Waals surface area contributed by atoms with Crippen LogP contribution in [0.3, 0.4) is 0 Å². The molecule has 164 valence electrons. The van der Waals surface area contributed by atoms with Gasteiger partial charge in [-0.1, -0.05) is 19.3 Å². The lowest BCUT2D eigenvalue weighted by molar-refractivity contribution is 0.180. The molecule has 0 aromatic carbocycles. The minimum absolute atomic E-state index is 0.161. The van der Waals surface area contributed by atoms with E-state index in [4.69, 9.17) is 0 Å². The van der Waals surface area contributed by atoms with E-state index in [2.05, 4.69) is 20.0 Å². The van der Waals surface area contributed by atoms with Crippen molar-refractivity contribution in [3.63, 3.8) is 0 Å². The third kappa shape index (κ3) is 10.9. The van der Waals surface area contributed by atoms with Gasteiger partial charge in [-0.05, 0) is 68.6 Å². The van der Waals surface area contributed by atoms with Gasteiger partial charge < -0.3 is 0 Å². The fraction of sp³-hybridized carbons (Fsp3) is 0.818. The van der Waals surface area contributed by atoms with Crippen molar-refractivity contribution in [3.05, 3.63) is 0 Å². The first kappa shape index (κ1) is 25.6. The maximum Gasteiger partial charge on any atom is 0.234 e. The van der Waals surface area contributed by atoms with E-state index in [9.17, 15) is 19.2 Å². The van der Waals surface area contributed by atoms with Gasteiger partial charge in [-0.25, -0.2) is 39.1 Å². The van der Waals surface area contributed by atoms with E-state index in [0.29, 0.717) is 38.0 Å². The number of hydrogen-bond acceptors (Lipinski definition) is 8. The molecule has 0 aromatic heterocycles. The fourth-order valence-corrected chi connectivity index (χ4v) is 4.50. The molecule has 30 heavy (non-hydrogen) atoms. The molecule has 0 unspecified atom stereocenters. The lowest BCUT2D eigenvalue weighted by Crippen LogP contribution is -2.27. The van der Waals surface area contributed by atoms with Gasteiger partial charge in [-0.15, -0.1) is 0 Å². The Bertz CT molecular complexity index is 643. The van der Waals surface area contributed by atoms with Gasteiger partial charge in [-0.2, -0.15) is 0 Å². The van der Waals surface area contributed by atoms with Crippen molar-refractivity contribution >= 4 is 24.3 Å². The molecule has 0 N–H and O–H groups in total. The van der Waals surface area contributed by atoms with Crippen molar-refractivity contribution in [2.24, 2.45) is 37.2 Å². The lowest BCUT2D eigenvalue weighted by atomic mass is 9.71. The number of carbonyl (C=O) groups excluding carboxylic acids is 4. The van der Waals surface area contributed by atoms with E-state index in [1.807, 2.05) is 0 Å². The molecule has 2 aliphatic rings. The van der Waals surface area contributed by atoms with Gasteiger partial charge in [0.25, 0.3) is 0 Å². The molecule has 8 nitrogen and oxygen atoms in total. The summed E-state index contributed by atoms with van der Waals surface area (Å²) in [6, 6.07) is 0. The predicted molar refractivity (Wildman–Crippen MR) is 112 cm³/mol. The zero-order chi connectivity index (χ0) is 21.9. The second-order valence-electron chi connectivity index (χ2n) is 8.30. The SMILES string of the molecule is O=C=NCC1CCC(CN=C=O)CC1.O=C=NCCCC1(CN=C=O)CCCCC1. The molecular formula is C22H32N4O4. The topological polar surface area (TPSA) is 118 Å². The zero-order valence-corrected chi connectivity index (χ0v) is 17.7. The Kier molecular flexibility index (Phi) is 13.9. The predicted octanol–water partition coefficient (Wildman–Crippen LogP) is 3.85. The summed E-state index contributed by atoms with van der Waals surface area (Å²) in [5, 5.41) is 0.